The third-order valence-corrected chi connectivity index (χ3v) is 9.65. The number of aryl methyl sites for hydroxylation is 1. The number of carboxylic acids is 1. The number of aromatic nitrogens is 1. The van der Waals surface area contributed by atoms with Gasteiger partial charge in [-0.05, 0) is 79.1 Å². The summed E-state index contributed by atoms with van der Waals surface area (Å²) in [6.45, 7) is 2.79. The number of carboxylic acid groups (broad SMARTS) is 1. The molecule has 0 bridgehead atoms. The Bertz CT molecular complexity index is 1590. The van der Waals surface area contributed by atoms with Crippen molar-refractivity contribution in [3.05, 3.63) is 76.7 Å². The lowest BCUT2D eigenvalue weighted by atomic mass is 10.0. The Hall–Kier alpha value is -3.50. The highest BCUT2D eigenvalue weighted by Gasteiger charge is 2.59. The number of hydrogen-bond donors (Lipinski definition) is 1. The van der Waals surface area contributed by atoms with Crippen molar-refractivity contribution in [2.45, 2.75) is 44.8 Å². The molecule has 2 aromatic carbocycles. The number of nitrogens with zero attached hydrogens (tertiary/aromatic N) is 2. The first-order chi connectivity index (χ1) is 19.1. The van der Waals surface area contributed by atoms with Gasteiger partial charge in [0.2, 0.25) is 15.9 Å². The van der Waals surface area contributed by atoms with E-state index in [4.69, 9.17) is 9.47 Å². The van der Waals surface area contributed by atoms with E-state index in [-0.39, 0.29) is 36.3 Å². The standard InChI is InChI=1S/C30H31FN2O6S/c1-17-23(6-8-27(32-17)39-21-9-11-33(12-10-21)40(2,36)37)18-3-7-26(31)20(13-18)16-38-22-4-5-24-19(14-22)15-25-28(24)29(25)30(34)35/h3-8,13-14,21,25,28-29H,9-12,15-16H2,1-2H3,(H,34,35)/t25-,28+,29+/m1/s1. The van der Waals surface area contributed by atoms with Crippen LogP contribution in [-0.4, -0.2) is 54.2 Å². The normalized spacial score (nSPS) is 22.4. The molecule has 40 heavy (non-hydrogen) atoms. The van der Waals surface area contributed by atoms with Gasteiger partial charge in [0.25, 0.3) is 0 Å². The molecule has 2 fully saturated rings. The maximum atomic E-state index is 14.7. The summed E-state index contributed by atoms with van der Waals surface area (Å²) in [6, 6.07) is 14.3. The summed E-state index contributed by atoms with van der Waals surface area (Å²) in [6.07, 6.45) is 3.06. The van der Waals surface area contributed by atoms with Crippen molar-refractivity contribution in [2.24, 2.45) is 11.8 Å². The smallest absolute Gasteiger partial charge is 0.307 e. The highest BCUT2D eigenvalue weighted by atomic mass is 32.2. The molecule has 0 radical (unpaired) electrons. The molecule has 3 aliphatic rings. The molecule has 0 spiro atoms. The van der Waals surface area contributed by atoms with E-state index in [1.54, 1.807) is 18.2 Å². The highest BCUT2D eigenvalue weighted by molar-refractivity contribution is 7.88. The number of carbonyl (C=O) groups is 1. The van der Waals surface area contributed by atoms with E-state index in [0.29, 0.717) is 43.1 Å². The van der Waals surface area contributed by atoms with Crippen LogP contribution in [0.2, 0.25) is 0 Å². The summed E-state index contributed by atoms with van der Waals surface area (Å²) in [4.78, 5) is 15.9. The van der Waals surface area contributed by atoms with Crippen LogP contribution < -0.4 is 9.47 Å². The first kappa shape index (κ1) is 26.7. The number of benzene rings is 2. The van der Waals surface area contributed by atoms with Crippen molar-refractivity contribution in [1.29, 1.82) is 0 Å². The van der Waals surface area contributed by atoms with Crippen LogP contribution in [0.25, 0.3) is 11.1 Å². The molecule has 1 aromatic heterocycles. The Morgan fingerprint density at radius 1 is 1.12 bits per heavy atom. The van der Waals surface area contributed by atoms with E-state index in [0.717, 1.165) is 34.4 Å². The summed E-state index contributed by atoms with van der Waals surface area (Å²) in [5.74, 6) is 0.0511. The highest BCUT2D eigenvalue weighted by Crippen LogP contribution is 2.61. The fourth-order valence-electron chi connectivity index (χ4n) is 6.19. The molecule has 0 amide bonds. The Morgan fingerprint density at radius 3 is 2.60 bits per heavy atom. The Balaban J connectivity index is 1.10. The molecule has 1 N–H and O–H groups in total. The average molecular weight is 567 g/mol. The molecule has 3 atom stereocenters. The molecule has 2 heterocycles. The molecule has 0 unspecified atom stereocenters. The second kappa shape index (κ2) is 10.2. The van der Waals surface area contributed by atoms with Crippen LogP contribution >= 0.6 is 0 Å². The van der Waals surface area contributed by atoms with Crippen LogP contribution in [0.1, 0.15) is 41.1 Å². The van der Waals surface area contributed by atoms with Gasteiger partial charge in [0, 0.05) is 41.9 Å². The van der Waals surface area contributed by atoms with E-state index >= 15 is 0 Å². The summed E-state index contributed by atoms with van der Waals surface area (Å²) < 4.78 is 51.6. The number of hydrogen-bond acceptors (Lipinski definition) is 6. The number of piperidine rings is 1. The zero-order valence-electron chi connectivity index (χ0n) is 22.3. The fraction of sp³-hybridized carbons (Fsp3) is 0.400. The second-order valence-electron chi connectivity index (χ2n) is 11.0. The van der Waals surface area contributed by atoms with E-state index in [1.807, 2.05) is 31.2 Å². The van der Waals surface area contributed by atoms with Crippen LogP contribution in [-0.2, 0) is 27.8 Å². The number of fused-ring (bicyclic) bond motifs is 3. The lowest BCUT2D eigenvalue weighted by Crippen LogP contribution is -2.41. The maximum Gasteiger partial charge on any atom is 0.307 e. The van der Waals surface area contributed by atoms with Gasteiger partial charge in [-0.15, -0.1) is 0 Å². The van der Waals surface area contributed by atoms with Gasteiger partial charge in [-0.25, -0.2) is 22.1 Å². The number of pyridine rings is 1. The van der Waals surface area contributed by atoms with Gasteiger partial charge in [0.1, 0.15) is 24.3 Å². The summed E-state index contributed by atoms with van der Waals surface area (Å²) in [5.41, 5.74) is 5.03. The Labute approximate surface area is 232 Å². The van der Waals surface area contributed by atoms with E-state index in [1.165, 1.54) is 16.6 Å². The molecule has 10 heteroatoms. The van der Waals surface area contributed by atoms with E-state index in [2.05, 4.69) is 4.98 Å². The van der Waals surface area contributed by atoms with E-state index in [9.17, 15) is 22.7 Å². The van der Waals surface area contributed by atoms with Gasteiger partial charge >= 0.3 is 5.97 Å². The van der Waals surface area contributed by atoms with Gasteiger partial charge in [0.15, 0.2) is 0 Å². The van der Waals surface area contributed by atoms with Gasteiger partial charge in [0.05, 0.1) is 12.2 Å². The van der Waals surface area contributed by atoms with Crippen LogP contribution in [0.4, 0.5) is 4.39 Å². The maximum absolute atomic E-state index is 14.7. The Morgan fingerprint density at radius 2 is 1.90 bits per heavy atom. The van der Waals surface area contributed by atoms with Gasteiger partial charge < -0.3 is 14.6 Å². The average Bonchev–Trinajstić information content (AvgIpc) is 3.50. The minimum absolute atomic E-state index is 0.0584. The number of rotatable bonds is 8. The molecular weight excluding hydrogens is 535 g/mol. The minimum atomic E-state index is -3.19. The van der Waals surface area contributed by atoms with Crippen molar-refractivity contribution in [3.8, 4) is 22.8 Å². The number of halogens is 1. The molecule has 3 aromatic rings. The number of sulfonamides is 1. The van der Waals surface area contributed by atoms with Crippen LogP contribution in [0.3, 0.4) is 0 Å². The van der Waals surface area contributed by atoms with Crippen molar-refractivity contribution < 1.29 is 32.2 Å². The van der Waals surface area contributed by atoms with Crippen LogP contribution in [0.15, 0.2) is 48.5 Å². The minimum Gasteiger partial charge on any atom is -0.489 e. The Kier molecular flexibility index (Phi) is 6.78. The predicted octanol–water partition coefficient (Wildman–Crippen LogP) is 4.55. The van der Waals surface area contributed by atoms with Crippen LogP contribution in [0, 0.1) is 24.6 Å². The first-order valence-corrected chi connectivity index (χ1v) is 15.3. The molecule has 2 aliphatic carbocycles. The van der Waals surface area contributed by atoms with Crippen molar-refractivity contribution >= 4 is 16.0 Å². The topological polar surface area (TPSA) is 106 Å². The third kappa shape index (κ3) is 5.17. The molecule has 1 saturated heterocycles. The molecule has 6 rings (SSSR count). The second-order valence-corrected chi connectivity index (χ2v) is 13.0. The zero-order valence-corrected chi connectivity index (χ0v) is 23.2. The summed E-state index contributed by atoms with van der Waals surface area (Å²) in [5, 5.41) is 9.32. The largest absolute Gasteiger partial charge is 0.489 e. The van der Waals surface area contributed by atoms with Gasteiger partial charge in [-0.2, -0.15) is 0 Å². The van der Waals surface area contributed by atoms with Gasteiger partial charge in [-0.3, -0.25) is 4.79 Å². The third-order valence-electron chi connectivity index (χ3n) is 8.35. The van der Waals surface area contributed by atoms with Crippen molar-refractivity contribution in [1.82, 2.24) is 9.29 Å². The predicted molar refractivity (Wildman–Crippen MR) is 146 cm³/mol. The monoisotopic (exact) mass is 566 g/mol. The van der Waals surface area contributed by atoms with Crippen molar-refractivity contribution in [2.75, 3.05) is 19.3 Å². The van der Waals surface area contributed by atoms with E-state index < -0.39 is 16.0 Å². The van der Waals surface area contributed by atoms with Gasteiger partial charge in [-0.1, -0.05) is 12.1 Å². The zero-order chi connectivity index (χ0) is 28.2. The summed E-state index contributed by atoms with van der Waals surface area (Å²) in [7, 11) is -3.19. The lowest BCUT2D eigenvalue weighted by Gasteiger charge is -2.30. The quantitative estimate of drug-likeness (QED) is 0.427. The number of ether oxygens (including phenoxy) is 2. The lowest BCUT2D eigenvalue weighted by molar-refractivity contribution is -0.139. The van der Waals surface area contributed by atoms with Crippen LogP contribution in [0.5, 0.6) is 11.6 Å². The molecule has 210 valence electrons. The molecule has 8 nitrogen and oxygen atoms in total. The molecule has 1 saturated carbocycles. The SMILES string of the molecule is Cc1nc(OC2CCN(S(C)(=O)=O)CC2)ccc1-c1ccc(F)c(COc2ccc3c(c2)C[C@H]2[C@H](C(=O)O)[C@@H]32)c1. The number of aliphatic carboxylic acids is 1. The molecular formula is C30H31FN2O6S. The van der Waals surface area contributed by atoms with Crippen molar-refractivity contribution in [3.63, 3.8) is 0 Å². The fourth-order valence-corrected chi connectivity index (χ4v) is 7.07. The summed E-state index contributed by atoms with van der Waals surface area (Å²) >= 11 is 0. The first-order valence-electron chi connectivity index (χ1n) is 13.4. The molecule has 1 aliphatic heterocycles.